The number of aromatic nitrogens is 2. The van der Waals surface area contributed by atoms with Crippen LogP contribution in [0.4, 0.5) is 13.2 Å². The summed E-state index contributed by atoms with van der Waals surface area (Å²) in [6.45, 7) is 7.05. The maximum absolute atomic E-state index is 13.5. The first-order valence-electron chi connectivity index (χ1n) is 16.4. The number of fused-ring (bicyclic) bond motifs is 1. The molecule has 0 radical (unpaired) electrons. The number of nitriles is 1. The molecule has 1 aliphatic rings. The molecule has 0 saturated carbocycles. The van der Waals surface area contributed by atoms with Crippen molar-refractivity contribution < 1.29 is 27.4 Å². The van der Waals surface area contributed by atoms with Gasteiger partial charge in [-0.3, -0.25) is 14.5 Å². The second-order valence-corrected chi connectivity index (χ2v) is 12.8. The summed E-state index contributed by atoms with van der Waals surface area (Å²) in [4.78, 5) is 33.3. The minimum atomic E-state index is -4.65. The Hall–Kier alpha value is -5.41. The molecule has 4 aromatic rings. The number of pyridine rings is 2. The summed E-state index contributed by atoms with van der Waals surface area (Å²) in [5.74, 6) is 0.742. The van der Waals surface area contributed by atoms with Gasteiger partial charge in [0.15, 0.2) is 0 Å². The Bertz CT molecular complexity index is 2090. The van der Waals surface area contributed by atoms with Gasteiger partial charge >= 0.3 is 6.18 Å². The van der Waals surface area contributed by atoms with Gasteiger partial charge in [-0.2, -0.15) is 18.4 Å². The minimum Gasteiger partial charge on any atom is -0.496 e. The van der Waals surface area contributed by atoms with Crippen molar-refractivity contribution in [2.45, 2.75) is 52.5 Å². The molecule has 0 N–H and O–H groups in total. The van der Waals surface area contributed by atoms with Crippen molar-refractivity contribution in [3.63, 3.8) is 0 Å². The third kappa shape index (κ3) is 7.54. The number of benzene rings is 2. The lowest BCUT2D eigenvalue weighted by atomic mass is 9.89. The first kappa shape index (κ1) is 36.9. The molecule has 2 aromatic carbocycles. The van der Waals surface area contributed by atoms with Crippen LogP contribution in [0.3, 0.4) is 0 Å². The third-order valence-electron chi connectivity index (χ3n) is 9.51. The molecule has 51 heavy (non-hydrogen) atoms. The molecule has 1 unspecified atom stereocenters. The highest BCUT2D eigenvalue weighted by molar-refractivity contribution is 6.01. The predicted octanol–water partition coefficient (Wildman–Crippen LogP) is 6.79. The molecular formula is C39H40F3N5O4. The van der Waals surface area contributed by atoms with Crippen LogP contribution in [0.1, 0.15) is 57.7 Å². The maximum atomic E-state index is 13.5. The lowest BCUT2D eigenvalue weighted by molar-refractivity contribution is -0.141. The van der Waals surface area contributed by atoms with Gasteiger partial charge < -0.3 is 18.9 Å². The van der Waals surface area contributed by atoms with Crippen LogP contribution in [0, 0.1) is 25.2 Å². The Morgan fingerprint density at radius 3 is 2.37 bits per heavy atom. The van der Waals surface area contributed by atoms with Crippen LogP contribution in [-0.4, -0.2) is 53.1 Å². The summed E-state index contributed by atoms with van der Waals surface area (Å²) in [5.41, 5.74) is 5.81. The second-order valence-electron chi connectivity index (χ2n) is 12.8. The lowest BCUT2D eigenvalue weighted by Crippen LogP contribution is -2.40. The van der Waals surface area contributed by atoms with Gasteiger partial charge in [-0.1, -0.05) is 24.3 Å². The van der Waals surface area contributed by atoms with Crippen LogP contribution in [0.25, 0.3) is 17.2 Å². The molecule has 1 amide bonds. The average molecular weight is 700 g/mol. The fourth-order valence-electron chi connectivity index (χ4n) is 6.68. The molecule has 0 aliphatic carbocycles. The smallest absolute Gasteiger partial charge is 0.433 e. The van der Waals surface area contributed by atoms with Crippen LogP contribution in [-0.2, 0) is 37.5 Å². The molecule has 2 aromatic heterocycles. The van der Waals surface area contributed by atoms with E-state index in [1.807, 2.05) is 64.4 Å². The molecule has 0 spiro atoms. The first-order valence-corrected chi connectivity index (χ1v) is 16.4. The number of alkyl halides is 3. The highest BCUT2D eigenvalue weighted by Crippen LogP contribution is 2.38. The largest absolute Gasteiger partial charge is 0.496 e. The topological polar surface area (TPSA) is 101 Å². The molecule has 5 rings (SSSR count). The normalized spacial score (nSPS) is 14.7. The van der Waals surface area contributed by atoms with Crippen molar-refractivity contribution in [2.75, 3.05) is 27.8 Å². The Balaban J connectivity index is 1.37. The quantitative estimate of drug-likeness (QED) is 0.140. The molecule has 0 saturated heterocycles. The van der Waals surface area contributed by atoms with Crippen molar-refractivity contribution in [1.29, 1.82) is 5.26 Å². The zero-order valence-electron chi connectivity index (χ0n) is 29.7. The Morgan fingerprint density at radius 2 is 1.75 bits per heavy atom. The van der Waals surface area contributed by atoms with Crippen molar-refractivity contribution >= 4 is 12.0 Å². The fraction of sp³-hybridized carbons (Fsp3) is 0.333. The molecule has 266 valence electrons. The van der Waals surface area contributed by atoms with Gasteiger partial charge in [0.25, 0.3) is 11.5 Å². The van der Waals surface area contributed by atoms with Crippen LogP contribution < -0.4 is 15.0 Å². The summed E-state index contributed by atoms with van der Waals surface area (Å²) >= 11 is 0. The number of halogens is 3. The van der Waals surface area contributed by atoms with Gasteiger partial charge in [0.05, 0.1) is 31.5 Å². The molecule has 1 atom stereocenters. The molecule has 1 aliphatic heterocycles. The van der Waals surface area contributed by atoms with Gasteiger partial charge in [-0.15, -0.1) is 0 Å². The van der Waals surface area contributed by atoms with Crippen LogP contribution in [0.5, 0.6) is 11.5 Å². The zero-order chi connectivity index (χ0) is 37.2. The molecule has 9 nitrogen and oxygen atoms in total. The van der Waals surface area contributed by atoms with E-state index in [0.717, 1.165) is 51.1 Å². The molecule has 0 fully saturated rings. The number of carbonyl (C=O) groups is 1. The number of carbonyl (C=O) groups excluding carboxylic acids is 1. The van der Waals surface area contributed by atoms with Gasteiger partial charge in [0.2, 0.25) is 0 Å². The summed E-state index contributed by atoms with van der Waals surface area (Å²) in [5, 5.41) is 9.80. The van der Waals surface area contributed by atoms with E-state index in [2.05, 4.69) is 16.0 Å². The Labute approximate surface area is 295 Å². The Morgan fingerprint density at radius 1 is 1.08 bits per heavy atom. The van der Waals surface area contributed by atoms with E-state index in [9.17, 15) is 28.0 Å². The molecular weight excluding hydrogens is 659 g/mol. The molecule has 12 heteroatoms. The molecule has 3 heterocycles. The van der Waals surface area contributed by atoms with Crippen LogP contribution in [0.2, 0.25) is 0 Å². The van der Waals surface area contributed by atoms with Crippen molar-refractivity contribution in [3.05, 3.63) is 115 Å². The summed E-state index contributed by atoms with van der Waals surface area (Å²) < 4.78 is 52.9. The SMILES string of the molecule is COc1cc(-c2cn(C)c(=O)c(C)c2C)cc(OC)c1CN(C)Cc1cccc2c1CCN(C(=O)/C(C#N)=C/c1cccc(C(F)(F)F)n1)C2C. The number of methoxy groups -OCH3 is 2. The Kier molecular flexibility index (Phi) is 10.7. The predicted molar refractivity (Wildman–Crippen MR) is 188 cm³/mol. The first-order chi connectivity index (χ1) is 24.2. The van der Waals surface area contributed by atoms with Gasteiger partial charge in [0, 0.05) is 44.0 Å². The fourth-order valence-corrected chi connectivity index (χ4v) is 6.68. The summed E-state index contributed by atoms with van der Waals surface area (Å²) in [6, 6.07) is 14.7. The van der Waals surface area contributed by atoms with E-state index >= 15 is 0 Å². The second kappa shape index (κ2) is 14.8. The van der Waals surface area contributed by atoms with Gasteiger partial charge in [-0.25, -0.2) is 4.98 Å². The van der Waals surface area contributed by atoms with E-state index in [1.165, 1.54) is 12.1 Å². The monoisotopic (exact) mass is 699 g/mol. The van der Waals surface area contributed by atoms with E-state index in [0.29, 0.717) is 43.1 Å². The number of nitrogens with zero attached hydrogens (tertiary/aromatic N) is 5. The maximum Gasteiger partial charge on any atom is 0.433 e. The average Bonchev–Trinajstić information content (AvgIpc) is 3.11. The number of aryl methyl sites for hydroxylation is 1. The highest BCUT2D eigenvalue weighted by atomic mass is 19.4. The summed E-state index contributed by atoms with van der Waals surface area (Å²) in [6.07, 6.45) is -1.19. The van der Waals surface area contributed by atoms with E-state index < -0.39 is 17.8 Å². The van der Waals surface area contributed by atoms with E-state index in [1.54, 1.807) is 30.7 Å². The minimum absolute atomic E-state index is 0.0411. The number of ether oxygens (including phenoxy) is 2. The van der Waals surface area contributed by atoms with Crippen molar-refractivity contribution in [3.8, 4) is 28.7 Å². The third-order valence-corrected chi connectivity index (χ3v) is 9.51. The number of hydrogen-bond acceptors (Lipinski definition) is 7. The summed E-state index contributed by atoms with van der Waals surface area (Å²) in [7, 11) is 6.97. The highest BCUT2D eigenvalue weighted by Gasteiger charge is 2.33. The standard InChI is InChI=1S/C39H40F3N5O4/c1-23-24(2)37(48)46(5)22-32(23)27-17-34(50-6)33(35(18-27)51-7)21-45(4)20-26-10-8-12-30-25(3)47(15-14-31(26)30)38(49)28(19-43)16-29-11-9-13-36(44-29)39(40,41)42/h8-13,16-18,22,25H,14-15,20-21H2,1-7H3/b28-16+. The van der Waals surface area contributed by atoms with Crippen LogP contribution >= 0.6 is 0 Å². The number of hydrogen-bond donors (Lipinski definition) is 0. The van der Waals surface area contributed by atoms with Crippen molar-refractivity contribution in [1.82, 2.24) is 19.4 Å². The lowest BCUT2D eigenvalue weighted by Gasteiger charge is -2.36. The molecule has 0 bridgehead atoms. The zero-order valence-corrected chi connectivity index (χ0v) is 29.7. The number of rotatable bonds is 9. The van der Waals surface area contributed by atoms with Gasteiger partial charge in [-0.05, 0) is 92.4 Å². The number of amides is 1. The van der Waals surface area contributed by atoms with Crippen LogP contribution in [0.15, 0.2) is 65.1 Å². The van der Waals surface area contributed by atoms with Crippen molar-refractivity contribution in [2.24, 2.45) is 7.05 Å². The van der Waals surface area contributed by atoms with Gasteiger partial charge in [0.1, 0.15) is 28.8 Å². The van der Waals surface area contributed by atoms with E-state index in [-0.39, 0.29) is 22.9 Å². The van der Waals surface area contributed by atoms with E-state index in [4.69, 9.17) is 9.47 Å².